The van der Waals surface area contributed by atoms with Crippen LogP contribution in [0.25, 0.3) is 0 Å². The first-order valence-electron chi connectivity index (χ1n) is 7.32. The van der Waals surface area contributed by atoms with Crippen molar-refractivity contribution >= 4 is 46.6 Å². The summed E-state index contributed by atoms with van der Waals surface area (Å²) in [7, 11) is 1.54. The Morgan fingerprint density at radius 1 is 1.28 bits per heavy atom. The molecule has 1 heterocycles. The molecule has 0 radical (unpaired) electrons. The lowest BCUT2D eigenvalue weighted by Crippen LogP contribution is -2.36. The van der Waals surface area contributed by atoms with Crippen molar-refractivity contribution in [2.75, 3.05) is 33.4 Å². The van der Waals surface area contributed by atoms with E-state index in [1.807, 2.05) is 4.90 Å². The number of hydrogen-bond donors (Lipinski definition) is 1. The van der Waals surface area contributed by atoms with E-state index >= 15 is 0 Å². The highest BCUT2D eigenvalue weighted by atomic mass is 35.5. The summed E-state index contributed by atoms with van der Waals surface area (Å²) in [6.07, 6.45) is 0. The fourth-order valence-electron chi connectivity index (χ4n) is 2.22. The molecule has 0 amide bonds. The normalized spacial score (nSPS) is 15.4. The maximum Gasteiger partial charge on any atom is 0.324 e. The Labute approximate surface area is 164 Å². The van der Waals surface area contributed by atoms with Crippen LogP contribution in [-0.4, -0.2) is 43.2 Å². The van der Waals surface area contributed by atoms with E-state index in [1.54, 1.807) is 24.3 Å². The molecule has 0 saturated carbocycles. The van der Waals surface area contributed by atoms with Gasteiger partial charge in [0.25, 0.3) is 0 Å². The van der Waals surface area contributed by atoms with E-state index in [9.17, 15) is 10.1 Å². The van der Waals surface area contributed by atoms with Crippen LogP contribution in [0.4, 0.5) is 0 Å². The Balaban J connectivity index is 2.54. The zero-order chi connectivity index (χ0) is 18.4. The van der Waals surface area contributed by atoms with Crippen LogP contribution in [0.3, 0.4) is 0 Å². The smallest absolute Gasteiger partial charge is 0.324 e. The van der Waals surface area contributed by atoms with E-state index < -0.39 is 4.92 Å². The molecule has 25 heavy (non-hydrogen) atoms. The summed E-state index contributed by atoms with van der Waals surface area (Å²) in [5, 5.41) is 15.6. The molecule has 0 unspecified atom stereocenters. The minimum absolute atomic E-state index is 0.0660. The molecule has 1 aromatic rings. The van der Waals surface area contributed by atoms with Gasteiger partial charge in [-0.2, -0.15) is 0 Å². The van der Waals surface area contributed by atoms with E-state index in [1.165, 1.54) is 18.8 Å². The molecule has 10 heteroatoms. The topological polar surface area (TPSA) is 67.6 Å². The molecule has 0 bridgehead atoms. The summed E-state index contributed by atoms with van der Waals surface area (Å²) in [6.45, 7) is 2.04. The van der Waals surface area contributed by atoms with Crippen molar-refractivity contribution in [2.24, 2.45) is 0 Å². The SMILES string of the molecule is CNC(=C(Cl)Cl)/C(=C(\Sc1ccc(Cl)cc1)N1CCOCC1)[N+](=O)[O-]. The standard InChI is InChI=1S/C15H16Cl3N3O3S/c1-19-12(14(17)18)13(21(22)23)15(20-6-8-24-9-7-20)25-11-4-2-10(16)3-5-11/h2-5,19H,6-9H2,1H3/b15-13+. The van der Waals surface area contributed by atoms with Crippen molar-refractivity contribution in [3.05, 3.63) is 60.3 Å². The molecule has 136 valence electrons. The molecule has 1 aliphatic heterocycles. The van der Waals surface area contributed by atoms with Crippen LogP contribution < -0.4 is 5.32 Å². The second kappa shape index (κ2) is 9.54. The summed E-state index contributed by atoms with van der Waals surface area (Å²) < 4.78 is 5.15. The number of halogens is 3. The molecule has 1 saturated heterocycles. The second-order valence-corrected chi connectivity index (χ2v) is 7.40. The largest absolute Gasteiger partial charge is 0.381 e. The minimum atomic E-state index is -0.482. The van der Waals surface area contributed by atoms with Crippen LogP contribution in [0.5, 0.6) is 0 Å². The van der Waals surface area contributed by atoms with E-state index in [0.29, 0.717) is 36.4 Å². The molecular weight excluding hydrogens is 409 g/mol. The van der Waals surface area contributed by atoms with Crippen LogP contribution in [-0.2, 0) is 4.74 Å². The molecule has 1 aliphatic rings. The van der Waals surface area contributed by atoms with Gasteiger partial charge in [-0.3, -0.25) is 10.1 Å². The number of likely N-dealkylation sites (N-methyl/N-ethyl adjacent to an activating group) is 1. The van der Waals surface area contributed by atoms with Gasteiger partial charge < -0.3 is 15.0 Å². The Hall–Kier alpha value is -1.12. The van der Waals surface area contributed by atoms with Gasteiger partial charge in [0.05, 0.1) is 18.1 Å². The molecular formula is C15H16Cl3N3O3S. The monoisotopic (exact) mass is 423 g/mol. The van der Waals surface area contributed by atoms with Gasteiger partial charge in [0, 0.05) is 30.1 Å². The highest BCUT2D eigenvalue weighted by Gasteiger charge is 2.31. The number of ether oxygens (including phenoxy) is 1. The van der Waals surface area contributed by atoms with Crippen LogP contribution in [0.2, 0.25) is 5.02 Å². The predicted molar refractivity (Wildman–Crippen MR) is 102 cm³/mol. The molecule has 0 aromatic heterocycles. The summed E-state index contributed by atoms with van der Waals surface area (Å²) in [6, 6.07) is 7.07. The van der Waals surface area contributed by atoms with Gasteiger partial charge in [0.2, 0.25) is 0 Å². The van der Waals surface area contributed by atoms with Crippen LogP contribution in [0, 0.1) is 10.1 Å². The lowest BCUT2D eigenvalue weighted by Gasteiger charge is -2.30. The van der Waals surface area contributed by atoms with E-state index in [0.717, 1.165) is 4.90 Å². The summed E-state index contributed by atoms with van der Waals surface area (Å²) in [4.78, 5) is 14.0. The first-order chi connectivity index (χ1) is 11.9. The van der Waals surface area contributed by atoms with Crippen LogP contribution in [0.1, 0.15) is 0 Å². The van der Waals surface area contributed by atoms with Gasteiger partial charge in [-0.25, -0.2) is 0 Å². The van der Waals surface area contributed by atoms with Crippen LogP contribution in [0.15, 0.2) is 50.1 Å². The van der Waals surface area contributed by atoms with E-state index in [4.69, 9.17) is 39.5 Å². The van der Waals surface area contributed by atoms with Crippen molar-refractivity contribution in [1.82, 2.24) is 10.2 Å². The third-order valence-corrected chi connectivity index (χ3v) is 5.17. The van der Waals surface area contributed by atoms with Gasteiger partial charge in [-0.1, -0.05) is 46.6 Å². The average Bonchev–Trinajstić information content (AvgIpc) is 2.59. The van der Waals surface area contributed by atoms with E-state index in [2.05, 4.69) is 5.32 Å². The van der Waals surface area contributed by atoms with Crippen molar-refractivity contribution in [2.45, 2.75) is 4.90 Å². The molecule has 1 fully saturated rings. The fourth-order valence-corrected chi connectivity index (χ4v) is 3.80. The Kier molecular flexibility index (Phi) is 7.71. The number of nitrogens with zero attached hydrogens (tertiary/aromatic N) is 2. The van der Waals surface area contributed by atoms with E-state index in [-0.39, 0.29) is 15.9 Å². The summed E-state index contributed by atoms with van der Waals surface area (Å²) >= 11 is 18.9. The Bertz CT molecular complexity index is 685. The molecule has 1 aromatic carbocycles. The zero-order valence-corrected chi connectivity index (χ0v) is 16.4. The van der Waals surface area contributed by atoms with Crippen LogP contribution >= 0.6 is 46.6 Å². The molecule has 2 rings (SSSR count). The van der Waals surface area contributed by atoms with Gasteiger partial charge in [0.1, 0.15) is 10.2 Å². The molecule has 0 spiro atoms. The average molecular weight is 425 g/mol. The number of rotatable bonds is 6. The number of nitro groups is 1. The number of hydrogen-bond acceptors (Lipinski definition) is 6. The van der Waals surface area contributed by atoms with Gasteiger partial charge in [-0.15, -0.1) is 0 Å². The first-order valence-corrected chi connectivity index (χ1v) is 9.27. The lowest BCUT2D eigenvalue weighted by atomic mass is 10.3. The summed E-state index contributed by atoms with van der Waals surface area (Å²) in [5.41, 5.74) is -0.111. The molecule has 0 aliphatic carbocycles. The fraction of sp³-hybridized carbons (Fsp3) is 0.333. The third kappa shape index (κ3) is 5.43. The number of thioether (sulfide) groups is 1. The van der Waals surface area contributed by atoms with Crippen molar-refractivity contribution in [3.63, 3.8) is 0 Å². The Morgan fingerprint density at radius 3 is 2.36 bits per heavy atom. The first kappa shape index (κ1) is 20.2. The molecule has 6 nitrogen and oxygen atoms in total. The van der Waals surface area contributed by atoms with Gasteiger partial charge in [0.15, 0.2) is 5.03 Å². The predicted octanol–water partition coefficient (Wildman–Crippen LogP) is 4.08. The quantitative estimate of drug-likeness (QED) is 0.321. The Morgan fingerprint density at radius 2 is 1.88 bits per heavy atom. The summed E-state index contributed by atoms with van der Waals surface area (Å²) in [5.74, 6) is 0. The second-order valence-electron chi connectivity index (χ2n) is 4.95. The van der Waals surface area contributed by atoms with Gasteiger partial charge >= 0.3 is 5.70 Å². The molecule has 1 N–H and O–H groups in total. The van der Waals surface area contributed by atoms with Crippen molar-refractivity contribution in [3.8, 4) is 0 Å². The number of morpholine rings is 1. The highest BCUT2D eigenvalue weighted by Crippen LogP contribution is 2.36. The van der Waals surface area contributed by atoms with Crippen molar-refractivity contribution in [1.29, 1.82) is 0 Å². The van der Waals surface area contributed by atoms with Gasteiger partial charge in [-0.05, 0) is 24.3 Å². The van der Waals surface area contributed by atoms with Crippen molar-refractivity contribution < 1.29 is 9.66 Å². The zero-order valence-electron chi connectivity index (χ0n) is 13.3. The molecule has 0 atom stereocenters. The third-order valence-electron chi connectivity index (χ3n) is 3.39. The number of nitrogens with one attached hydrogen (secondary N) is 1. The lowest BCUT2D eigenvalue weighted by molar-refractivity contribution is -0.422. The number of benzene rings is 1. The maximum absolute atomic E-state index is 11.8. The minimum Gasteiger partial charge on any atom is -0.381 e. The maximum atomic E-state index is 11.8. The highest BCUT2D eigenvalue weighted by molar-refractivity contribution is 8.03.